The van der Waals surface area contributed by atoms with Gasteiger partial charge in [0.2, 0.25) is 10.0 Å². The zero-order valence-corrected chi connectivity index (χ0v) is 20.7. The van der Waals surface area contributed by atoms with Gasteiger partial charge in [-0.25, -0.2) is 13.1 Å². The Bertz CT molecular complexity index is 558. The molecule has 0 amide bonds. The molecular weight excluding hydrogens is 491 g/mol. The maximum atomic E-state index is 12.2. The third-order valence-corrected chi connectivity index (χ3v) is 6.62. The molecule has 0 aromatic heterocycles. The van der Waals surface area contributed by atoms with Gasteiger partial charge in [0.15, 0.2) is 5.96 Å². The van der Waals surface area contributed by atoms with Crippen molar-refractivity contribution in [3.8, 4) is 0 Å². The lowest BCUT2D eigenvalue weighted by Crippen LogP contribution is -2.46. The summed E-state index contributed by atoms with van der Waals surface area (Å²) in [5.74, 6) is 2.13. The molecule has 1 aliphatic heterocycles. The van der Waals surface area contributed by atoms with Gasteiger partial charge in [-0.15, -0.1) is 24.0 Å². The number of sulfonamides is 1. The quantitative estimate of drug-likeness (QED) is 0.255. The van der Waals surface area contributed by atoms with Crippen LogP contribution in [0.4, 0.5) is 0 Å². The van der Waals surface area contributed by atoms with Crippen molar-refractivity contribution in [2.45, 2.75) is 71.4 Å². The van der Waals surface area contributed by atoms with Crippen LogP contribution in [0.15, 0.2) is 4.99 Å². The lowest BCUT2D eigenvalue weighted by atomic mass is 9.80. The first-order chi connectivity index (χ1) is 12.9. The Labute approximate surface area is 188 Å². The van der Waals surface area contributed by atoms with Crippen molar-refractivity contribution in [1.82, 2.24) is 15.4 Å². The highest BCUT2D eigenvalue weighted by atomic mass is 127. The molecule has 1 aliphatic carbocycles. The van der Waals surface area contributed by atoms with Crippen LogP contribution in [0.3, 0.4) is 0 Å². The smallest absolute Gasteiger partial charge is 0.213 e. The summed E-state index contributed by atoms with van der Waals surface area (Å²) in [5.41, 5.74) is 0. The van der Waals surface area contributed by atoms with Crippen LogP contribution < -0.4 is 15.4 Å². The van der Waals surface area contributed by atoms with Crippen molar-refractivity contribution in [1.29, 1.82) is 0 Å². The summed E-state index contributed by atoms with van der Waals surface area (Å²) in [5, 5.41) is 6.72. The van der Waals surface area contributed by atoms with Crippen molar-refractivity contribution in [3.63, 3.8) is 0 Å². The fourth-order valence-electron chi connectivity index (χ4n) is 4.12. The maximum Gasteiger partial charge on any atom is 0.213 e. The second-order valence-electron chi connectivity index (χ2n) is 8.18. The fraction of sp³-hybridized carbons (Fsp3) is 0.947. The van der Waals surface area contributed by atoms with E-state index >= 15 is 0 Å². The average molecular weight is 531 g/mol. The first kappa shape index (κ1) is 25.9. The molecule has 166 valence electrons. The van der Waals surface area contributed by atoms with Crippen LogP contribution in [0, 0.1) is 11.8 Å². The van der Waals surface area contributed by atoms with Gasteiger partial charge < -0.3 is 15.4 Å². The predicted molar refractivity (Wildman–Crippen MR) is 126 cm³/mol. The van der Waals surface area contributed by atoms with Gasteiger partial charge in [-0.1, -0.05) is 13.8 Å². The van der Waals surface area contributed by atoms with Gasteiger partial charge in [-0.05, 0) is 57.3 Å². The highest BCUT2D eigenvalue weighted by molar-refractivity contribution is 14.0. The summed E-state index contributed by atoms with van der Waals surface area (Å²) in [6.07, 6.45) is 6.65. The number of hydrogen-bond donors (Lipinski definition) is 3. The number of nitrogens with zero attached hydrogens (tertiary/aromatic N) is 1. The molecule has 1 saturated heterocycles. The second kappa shape index (κ2) is 13.2. The van der Waals surface area contributed by atoms with Crippen LogP contribution in [0.5, 0.6) is 0 Å². The third kappa shape index (κ3) is 10.1. The molecule has 7 nitrogen and oxygen atoms in total. The number of ether oxygens (including phenoxy) is 1. The first-order valence-corrected chi connectivity index (χ1v) is 12.2. The van der Waals surface area contributed by atoms with Gasteiger partial charge in [0.05, 0.1) is 18.4 Å². The average Bonchev–Trinajstić information content (AvgIpc) is 2.60. The third-order valence-electron chi connectivity index (χ3n) is 5.30. The van der Waals surface area contributed by atoms with Crippen LogP contribution in [0.1, 0.15) is 59.3 Å². The molecule has 0 bridgehead atoms. The van der Waals surface area contributed by atoms with Gasteiger partial charge in [-0.3, -0.25) is 4.99 Å². The molecule has 9 heteroatoms. The van der Waals surface area contributed by atoms with Crippen LogP contribution >= 0.6 is 24.0 Å². The van der Waals surface area contributed by atoms with Crippen LogP contribution in [0.2, 0.25) is 0 Å². The lowest BCUT2D eigenvalue weighted by Gasteiger charge is -2.32. The minimum atomic E-state index is -3.33. The molecule has 0 spiro atoms. The van der Waals surface area contributed by atoms with Crippen LogP contribution in [-0.2, 0) is 14.8 Å². The van der Waals surface area contributed by atoms with Gasteiger partial charge >= 0.3 is 0 Å². The molecule has 2 fully saturated rings. The standard InChI is InChI=1S/C19H38N4O3S.HI/c1-4-20-19(23-17-12-15(2)11-16(3)13-17)21-8-10-27(24,25)22-14-18-7-5-6-9-26-18;/h15-18,22H,4-14H2,1-3H3,(H2,20,21,23);1H. The molecule has 3 unspecified atom stereocenters. The van der Waals surface area contributed by atoms with Gasteiger partial charge in [0.1, 0.15) is 0 Å². The van der Waals surface area contributed by atoms with E-state index in [1.165, 1.54) is 6.42 Å². The Hall–Kier alpha value is -0.130. The normalized spacial score (nSPS) is 29.0. The first-order valence-electron chi connectivity index (χ1n) is 10.5. The SMILES string of the molecule is CCNC(=NCCS(=O)(=O)NCC1CCCCO1)NC1CC(C)CC(C)C1.I. The molecule has 3 N–H and O–H groups in total. The molecule has 3 atom stereocenters. The van der Waals surface area contributed by atoms with Gasteiger partial charge in [0, 0.05) is 25.7 Å². The molecule has 0 aromatic rings. The van der Waals surface area contributed by atoms with Crippen molar-refractivity contribution in [3.05, 3.63) is 0 Å². The Balaban J connectivity index is 0.00000392. The van der Waals surface area contributed by atoms with Crippen molar-refractivity contribution >= 4 is 40.0 Å². The summed E-state index contributed by atoms with van der Waals surface area (Å²) in [6.45, 7) is 8.70. The summed E-state index contributed by atoms with van der Waals surface area (Å²) in [7, 11) is -3.33. The van der Waals surface area contributed by atoms with Gasteiger partial charge in [-0.2, -0.15) is 0 Å². The maximum absolute atomic E-state index is 12.2. The number of aliphatic imine (C=N–C) groups is 1. The molecule has 28 heavy (non-hydrogen) atoms. The number of rotatable bonds is 8. The molecule has 2 rings (SSSR count). The van der Waals surface area contributed by atoms with Crippen LogP contribution in [0.25, 0.3) is 0 Å². The highest BCUT2D eigenvalue weighted by Gasteiger charge is 2.24. The van der Waals surface area contributed by atoms with E-state index in [1.807, 2.05) is 6.92 Å². The highest BCUT2D eigenvalue weighted by Crippen LogP contribution is 2.28. The number of hydrogen-bond acceptors (Lipinski definition) is 4. The Morgan fingerprint density at radius 2 is 1.86 bits per heavy atom. The van der Waals surface area contributed by atoms with E-state index in [0.717, 1.165) is 51.2 Å². The van der Waals surface area contributed by atoms with E-state index in [9.17, 15) is 8.42 Å². The summed E-state index contributed by atoms with van der Waals surface area (Å²) in [4.78, 5) is 4.48. The largest absolute Gasteiger partial charge is 0.377 e. The van der Waals surface area contributed by atoms with E-state index in [1.54, 1.807) is 0 Å². The summed E-state index contributed by atoms with van der Waals surface area (Å²) < 4.78 is 32.7. The zero-order chi connectivity index (χ0) is 19.7. The molecule has 2 aliphatic rings. The minimum Gasteiger partial charge on any atom is -0.377 e. The Morgan fingerprint density at radius 3 is 2.46 bits per heavy atom. The zero-order valence-electron chi connectivity index (χ0n) is 17.6. The lowest BCUT2D eigenvalue weighted by molar-refractivity contribution is 0.0200. The fourth-order valence-corrected chi connectivity index (χ4v) is 5.03. The van der Waals surface area contributed by atoms with Crippen molar-refractivity contribution in [2.24, 2.45) is 16.8 Å². The van der Waals surface area contributed by atoms with Crippen molar-refractivity contribution in [2.75, 3.05) is 32.0 Å². The van der Waals surface area contributed by atoms with Gasteiger partial charge in [0.25, 0.3) is 0 Å². The Kier molecular flexibility index (Phi) is 12.2. The number of nitrogens with one attached hydrogen (secondary N) is 3. The van der Waals surface area contributed by atoms with E-state index in [0.29, 0.717) is 24.4 Å². The molecule has 0 aromatic carbocycles. The molecular formula is C19H39IN4O3S. The topological polar surface area (TPSA) is 91.8 Å². The van der Waals surface area contributed by atoms with E-state index in [-0.39, 0.29) is 42.4 Å². The summed E-state index contributed by atoms with van der Waals surface area (Å²) >= 11 is 0. The predicted octanol–water partition coefficient (Wildman–Crippen LogP) is 2.47. The summed E-state index contributed by atoms with van der Waals surface area (Å²) in [6, 6.07) is 0.403. The second-order valence-corrected chi connectivity index (χ2v) is 10.1. The molecule has 1 heterocycles. The number of halogens is 1. The van der Waals surface area contributed by atoms with E-state index in [2.05, 4.69) is 34.2 Å². The van der Waals surface area contributed by atoms with E-state index < -0.39 is 10.0 Å². The monoisotopic (exact) mass is 530 g/mol. The molecule has 0 radical (unpaired) electrons. The molecule has 1 saturated carbocycles. The Morgan fingerprint density at radius 1 is 1.14 bits per heavy atom. The minimum absolute atomic E-state index is 0. The van der Waals surface area contributed by atoms with E-state index in [4.69, 9.17) is 4.74 Å². The van der Waals surface area contributed by atoms with Crippen LogP contribution in [-0.4, -0.2) is 58.5 Å². The van der Waals surface area contributed by atoms with Crippen molar-refractivity contribution < 1.29 is 13.2 Å². The number of guanidine groups is 1.